The zero-order valence-corrected chi connectivity index (χ0v) is 13.4. The van der Waals surface area contributed by atoms with Crippen LogP contribution in [0.1, 0.15) is 11.1 Å². The molecule has 4 rings (SSSR count). The van der Waals surface area contributed by atoms with E-state index in [4.69, 9.17) is 0 Å². The van der Waals surface area contributed by atoms with E-state index < -0.39 is 0 Å². The zero-order valence-electron chi connectivity index (χ0n) is 13.4. The van der Waals surface area contributed by atoms with Gasteiger partial charge in [-0.25, -0.2) is 0 Å². The molecule has 1 aromatic rings. The van der Waals surface area contributed by atoms with Crippen LogP contribution in [0.3, 0.4) is 0 Å². The molecule has 0 bridgehead atoms. The van der Waals surface area contributed by atoms with Crippen molar-refractivity contribution in [1.82, 2.24) is 10.2 Å². The predicted molar refractivity (Wildman–Crippen MR) is 91.3 cm³/mol. The molecule has 1 N–H and O–H groups in total. The average Bonchev–Trinajstić information content (AvgIpc) is 3.07. The second-order valence-electron chi connectivity index (χ2n) is 6.86. The number of hydrogen-bond donors (Lipinski definition) is 1. The molecule has 3 aliphatic rings. The van der Waals surface area contributed by atoms with E-state index in [2.05, 4.69) is 52.2 Å². The number of benzene rings is 1. The van der Waals surface area contributed by atoms with E-state index in [1.165, 1.54) is 35.7 Å². The topological polar surface area (TPSA) is 30.9 Å². The fourth-order valence-electron chi connectivity index (χ4n) is 4.05. The van der Waals surface area contributed by atoms with Crippen LogP contribution in [0.25, 0.3) is 0 Å². The molecule has 2 atom stereocenters. The molecule has 0 aliphatic carbocycles. The number of rotatable bonds is 2. The first-order valence-electron chi connectivity index (χ1n) is 8.24. The van der Waals surface area contributed by atoms with Crippen molar-refractivity contribution in [2.75, 3.05) is 37.6 Å². The van der Waals surface area contributed by atoms with Gasteiger partial charge in [0.1, 0.15) is 5.82 Å². The van der Waals surface area contributed by atoms with Gasteiger partial charge in [-0.1, -0.05) is 6.07 Å². The van der Waals surface area contributed by atoms with Crippen LogP contribution in [0.4, 0.5) is 5.69 Å². The van der Waals surface area contributed by atoms with Crippen molar-refractivity contribution in [3.05, 3.63) is 41.3 Å². The Kier molecular flexibility index (Phi) is 3.41. The van der Waals surface area contributed by atoms with Gasteiger partial charge in [-0.3, -0.25) is 4.99 Å². The Morgan fingerprint density at radius 1 is 1.05 bits per heavy atom. The molecule has 3 heterocycles. The number of aliphatic imine (C=N–C) groups is 1. The Labute approximate surface area is 132 Å². The number of anilines is 1. The minimum absolute atomic E-state index is 0.799. The van der Waals surface area contributed by atoms with Crippen molar-refractivity contribution in [1.29, 1.82) is 0 Å². The summed E-state index contributed by atoms with van der Waals surface area (Å²) < 4.78 is 0. The predicted octanol–water partition coefficient (Wildman–Crippen LogP) is 2.14. The minimum Gasteiger partial charge on any atom is -0.356 e. The Balaban J connectivity index is 1.62. The van der Waals surface area contributed by atoms with Crippen LogP contribution in [0.15, 0.2) is 35.2 Å². The van der Waals surface area contributed by atoms with Crippen molar-refractivity contribution < 1.29 is 0 Å². The summed E-state index contributed by atoms with van der Waals surface area (Å²) >= 11 is 0. The smallest absolute Gasteiger partial charge is 0.128 e. The van der Waals surface area contributed by atoms with E-state index >= 15 is 0 Å². The SMILES string of the molecule is Cc1cc(C)cc(N2CC=NC=C2N2C[C@H]3CNC[C@H]3C2)c1. The monoisotopic (exact) mass is 296 g/mol. The molecule has 116 valence electrons. The van der Waals surface area contributed by atoms with Gasteiger partial charge in [-0.2, -0.15) is 0 Å². The number of hydrogen-bond acceptors (Lipinski definition) is 4. The molecule has 0 unspecified atom stereocenters. The lowest BCUT2D eigenvalue weighted by atomic mass is 10.0. The molecule has 0 amide bonds. The first-order valence-corrected chi connectivity index (χ1v) is 8.24. The number of nitrogens with one attached hydrogen (secondary N) is 1. The van der Waals surface area contributed by atoms with Gasteiger partial charge < -0.3 is 15.1 Å². The first-order chi connectivity index (χ1) is 10.7. The molecule has 0 aromatic heterocycles. The van der Waals surface area contributed by atoms with Gasteiger partial charge in [0.05, 0.1) is 12.7 Å². The Morgan fingerprint density at radius 2 is 1.73 bits per heavy atom. The van der Waals surface area contributed by atoms with Gasteiger partial charge in [0.2, 0.25) is 0 Å². The maximum absolute atomic E-state index is 4.43. The van der Waals surface area contributed by atoms with E-state index in [0.29, 0.717) is 0 Å². The Bertz CT molecular complexity index is 602. The largest absolute Gasteiger partial charge is 0.356 e. The highest BCUT2D eigenvalue weighted by Crippen LogP contribution is 2.33. The summed E-state index contributed by atoms with van der Waals surface area (Å²) in [6, 6.07) is 6.79. The zero-order chi connectivity index (χ0) is 15.1. The van der Waals surface area contributed by atoms with Crippen molar-refractivity contribution in [2.24, 2.45) is 16.8 Å². The third kappa shape index (κ3) is 2.41. The fourth-order valence-corrected chi connectivity index (χ4v) is 4.05. The van der Waals surface area contributed by atoms with Gasteiger partial charge in [0.25, 0.3) is 0 Å². The Hall–Kier alpha value is -1.81. The quantitative estimate of drug-likeness (QED) is 0.907. The first kappa shape index (κ1) is 13.8. The van der Waals surface area contributed by atoms with Crippen LogP contribution in [0, 0.1) is 25.7 Å². The molecule has 0 spiro atoms. The molecular formula is C18H24N4. The highest BCUT2D eigenvalue weighted by molar-refractivity contribution is 5.71. The van der Waals surface area contributed by atoms with Crippen molar-refractivity contribution in [3.63, 3.8) is 0 Å². The highest BCUT2D eigenvalue weighted by Gasteiger charge is 2.38. The standard InChI is InChI=1S/C18H24N4/c1-13-5-14(2)7-17(6-13)22-4-3-19-10-18(22)21-11-15-8-20-9-16(15)12-21/h3,5-7,10,15-16,20H,4,8-9,11-12H2,1-2H3/t15-,16+. The summed E-state index contributed by atoms with van der Waals surface area (Å²) in [6.07, 6.45) is 4.04. The lowest BCUT2D eigenvalue weighted by molar-refractivity contribution is 0.378. The van der Waals surface area contributed by atoms with Crippen LogP contribution < -0.4 is 10.2 Å². The number of nitrogens with zero attached hydrogens (tertiary/aromatic N) is 3. The Morgan fingerprint density at radius 3 is 2.41 bits per heavy atom. The van der Waals surface area contributed by atoms with Crippen LogP contribution >= 0.6 is 0 Å². The summed E-state index contributed by atoms with van der Waals surface area (Å²) in [7, 11) is 0. The molecule has 1 aromatic carbocycles. The van der Waals surface area contributed by atoms with Gasteiger partial charge >= 0.3 is 0 Å². The van der Waals surface area contributed by atoms with Gasteiger partial charge in [0, 0.05) is 38.1 Å². The van der Waals surface area contributed by atoms with E-state index in [1.54, 1.807) is 0 Å². The third-order valence-corrected chi connectivity index (χ3v) is 5.07. The molecule has 22 heavy (non-hydrogen) atoms. The maximum Gasteiger partial charge on any atom is 0.128 e. The molecule has 2 fully saturated rings. The van der Waals surface area contributed by atoms with E-state index in [0.717, 1.165) is 31.5 Å². The van der Waals surface area contributed by atoms with E-state index in [9.17, 15) is 0 Å². The van der Waals surface area contributed by atoms with Crippen molar-refractivity contribution in [3.8, 4) is 0 Å². The number of likely N-dealkylation sites (tertiary alicyclic amines) is 1. The molecular weight excluding hydrogens is 272 g/mol. The van der Waals surface area contributed by atoms with Gasteiger partial charge in [0.15, 0.2) is 0 Å². The lowest BCUT2D eigenvalue weighted by Gasteiger charge is -2.34. The van der Waals surface area contributed by atoms with Crippen LogP contribution in [0.5, 0.6) is 0 Å². The molecule has 0 saturated carbocycles. The molecule has 2 saturated heterocycles. The van der Waals surface area contributed by atoms with Crippen LogP contribution in [-0.2, 0) is 0 Å². The van der Waals surface area contributed by atoms with E-state index in [1.807, 2.05) is 12.4 Å². The normalized spacial score (nSPS) is 27.3. The van der Waals surface area contributed by atoms with Gasteiger partial charge in [-0.05, 0) is 48.9 Å². The molecule has 4 heteroatoms. The summed E-state index contributed by atoms with van der Waals surface area (Å²) in [5.74, 6) is 2.86. The van der Waals surface area contributed by atoms with Gasteiger partial charge in [-0.15, -0.1) is 0 Å². The van der Waals surface area contributed by atoms with E-state index in [-0.39, 0.29) is 0 Å². The van der Waals surface area contributed by atoms with Crippen molar-refractivity contribution in [2.45, 2.75) is 13.8 Å². The number of aryl methyl sites for hydroxylation is 2. The van der Waals surface area contributed by atoms with Crippen LogP contribution in [-0.4, -0.2) is 43.8 Å². The van der Waals surface area contributed by atoms with Crippen LogP contribution in [0.2, 0.25) is 0 Å². The second-order valence-corrected chi connectivity index (χ2v) is 6.86. The lowest BCUT2D eigenvalue weighted by Crippen LogP contribution is -2.38. The summed E-state index contributed by atoms with van der Waals surface area (Å²) in [6.45, 7) is 9.84. The maximum atomic E-state index is 4.43. The highest BCUT2D eigenvalue weighted by atomic mass is 15.4. The summed E-state index contributed by atoms with van der Waals surface area (Å²) in [5.41, 5.74) is 3.92. The molecule has 0 radical (unpaired) electrons. The fraction of sp³-hybridized carbons (Fsp3) is 0.500. The summed E-state index contributed by atoms with van der Waals surface area (Å²) in [4.78, 5) is 9.37. The van der Waals surface area contributed by atoms with Crippen molar-refractivity contribution >= 4 is 11.9 Å². The molecule has 4 nitrogen and oxygen atoms in total. The average molecular weight is 296 g/mol. The third-order valence-electron chi connectivity index (χ3n) is 5.07. The minimum atomic E-state index is 0.799. The molecule has 3 aliphatic heterocycles. The number of fused-ring (bicyclic) bond motifs is 1. The summed E-state index contributed by atoms with van der Waals surface area (Å²) in [5, 5.41) is 3.52. The second kappa shape index (κ2) is 5.43.